The number of piperidine rings is 1. The Kier molecular flexibility index (Phi) is 5.72. The molecule has 1 saturated heterocycles. The summed E-state index contributed by atoms with van der Waals surface area (Å²) in [6, 6.07) is 18.3. The van der Waals surface area contributed by atoms with Crippen molar-refractivity contribution in [1.82, 2.24) is 0 Å². The van der Waals surface area contributed by atoms with Gasteiger partial charge in [0.15, 0.2) is 6.54 Å². The zero-order valence-corrected chi connectivity index (χ0v) is 14.1. The van der Waals surface area contributed by atoms with E-state index in [9.17, 15) is 4.79 Å². The van der Waals surface area contributed by atoms with E-state index in [2.05, 4.69) is 23.5 Å². The van der Waals surface area contributed by atoms with Crippen molar-refractivity contribution in [2.24, 2.45) is 0 Å². The molecule has 1 aliphatic heterocycles. The van der Waals surface area contributed by atoms with Gasteiger partial charge in [-0.15, -0.1) is 0 Å². The lowest BCUT2D eigenvalue weighted by Gasteiger charge is -2.23. The molecule has 3 nitrogen and oxygen atoms in total. The highest BCUT2D eigenvalue weighted by Gasteiger charge is 2.18. The van der Waals surface area contributed by atoms with Crippen molar-refractivity contribution >= 4 is 23.4 Å². The lowest BCUT2D eigenvalue weighted by atomic mass is 10.1. The average Bonchev–Trinajstić information content (AvgIpc) is 2.58. The molecule has 4 heteroatoms. The molecule has 3 rings (SSSR count). The molecule has 0 aliphatic carbocycles. The normalized spacial score (nSPS) is 15.3. The molecule has 2 aromatic carbocycles. The zero-order valence-electron chi connectivity index (χ0n) is 13.3. The number of carbonyl (C=O) groups excluding carboxylic acids is 1. The van der Waals surface area contributed by atoms with E-state index in [1.54, 1.807) is 11.8 Å². The van der Waals surface area contributed by atoms with Gasteiger partial charge in [-0.3, -0.25) is 4.79 Å². The maximum atomic E-state index is 12.3. The van der Waals surface area contributed by atoms with Gasteiger partial charge < -0.3 is 10.2 Å². The largest absolute Gasteiger partial charge is 0.327 e. The second-order valence-corrected chi connectivity index (χ2v) is 7.06. The quantitative estimate of drug-likeness (QED) is 0.885. The number of anilines is 1. The number of benzene rings is 2. The number of carbonyl (C=O) groups is 1. The molecule has 0 unspecified atom stereocenters. The summed E-state index contributed by atoms with van der Waals surface area (Å²) in [6.07, 6.45) is 3.79. The van der Waals surface area contributed by atoms with E-state index < -0.39 is 0 Å². The molecule has 1 heterocycles. The van der Waals surface area contributed by atoms with Crippen LogP contribution in [0.3, 0.4) is 0 Å². The molecule has 0 atom stereocenters. The lowest BCUT2D eigenvalue weighted by molar-refractivity contribution is -0.896. The Morgan fingerprint density at radius 2 is 1.65 bits per heavy atom. The molecule has 1 aliphatic rings. The Hall–Kier alpha value is -1.78. The van der Waals surface area contributed by atoms with Crippen molar-refractivity contribution in [3.8, 4) is 0 Å². The SMILES string of the molecule is O=C(C[NH+]1CCCCC1)Nc1ccccc1Sc1ccccc1. The van der Waals surface area contributed by atoms with E-state index in [1.807, 2.05) is 36.4 Å². The molecule has 0 aromatic heterocycles. The van der Waals surface area contributed by atoms with Gasteiger partial charge in [-0.2, -0.15) is 0 Å². The maximum Gasteiger partial charge on any atom is 0.279 e. The smallest absolute Gasteiger partial charge is 0.279 e. The molecular weight excluding hydrogens is 304 g/mol. The van der Waals surface area contributed by atoms with Crippen molar-refractivity contribution in [3.63, 3.8) is 0 Å². The predicted molar refractivity (Wildman–Crippen MR) is 95.1 cm³/mol. The topological polar surface area (TPSA) is 33.5 Å². The predicted octanol–water partition coefficient (Wildman–Crippen LogP) is 2.85. The standard InChI is InChI=1S/C19H22N2OS/c22-19(15-21-13-7-2-8-14-21)20-17-11-5-6-12-18(17)23-16-9-3-1-4-10-16/h1,3-6,9-12H,2,7-8,13-15H2,(H,20,22)/p+1. The third-order valence-electron chi connectivity index (χ3n) is 4.10. The minimum absolute atomic E-state index is 0.114. The van der Waals surface area contributed by atoms with Crippen LogP contribution in [0.4, 0.5) is 5.69 Å². The zero-order chi connectivity index (χ0) is 15.9. The summed E-state index contributed by atoms with van der Waals surface area (Å²) in [5, 5.41) is 3.10. The van der Waals surface area contributed by atoms with Crippen molar-refractivity contribution in [2.45, 2.75) is 29.1 Å². The molecule has 1 amide bonds. The number of para-hydroxylation sites is 1. The molecule has 120 valence electrons. The van der Waals surface area contributed by atoms with Crippen LogP contribution in [0.2, 0.25) is 0 Å². The van der Waals surface area contributed by atoms with Gasteiger partial charge in [-0.25, -0.2) is 0 Å². The minimum Gasteiger partial charge on any atom is -0.327 e. The summed E-state index contributed by atoms with van der Waals surface area (Å²) in [6.45, 7) is 2.81. The summed E-state index contributed by atoms with van der Waals surface area (Å²) >= 11 is 1.68. The average molecular weight is 327 g/mol. The second kappa shape index (κ2) is 8.18. The summed E-state index contributed by atoms with van der Waals surface area (Å²) in [7, 11) is 0. The van der Waals surface area contributed by atoms with Crippen LogP contribution in [0.25, 0.3) is 0 Å². The van der Waals surface area contributed by atoms with Crippen molar-refractivity contribution in [2.75, 3.05) is 25.0 Å². The highest BCUT2D eigenvalue weighted by molar-refractivity contribution is 7.99. The first-order valence-corrected chi connectivity index (χ1v) is 9.08. The fourth-order valence-electron chi connectivity index (χ4n) is 2.92. The lowest BCUT2D eigenvalue weighted by Crippen LogP contribution is -3.13. The van der Waals surface area contributed by atoms with Gasteiger partial charge in [0.2, 0.25) is 0 Å². The molecule has 2 N–H and O–H groups in total. The van der Waals surface area contributed by atoms with Crippen LogP contribution in [0.15, 0.2) is 64.4 Å². The first-order valence-electron chi connectivity index (χ1n) is 8.26. The minimum atomic E-state index is 0.114. The summed E-state index contributed by atoms with van der Waals surface area (Å²) in [5.74, 6) is 0.114. The Balaban J connectivity index is 1.64. The number of hydrogen-bond donors (Lipinski definition) is 2. The molecule has 0 radical (unpaired) electrons. The third kappa shape index (κ3) is 4.85. The Morgan fingerprint density at radius 1 is 0.957 bits per heavy atom. The van der Waals surface area contributed by atoms with Crippen LogP contribution in [0, 0.1) is 0 Å². The van der Waals surface area contributed by atoms with E-state index in [0.717, 1.165) is 23.7 Å². The second-order valence-electron chi connectivity index (χ2n) is 5.95. The number of rotatable bonds is 5. The van der Waals surface area contributed by atoms with E-state index in [-0.39, 0.29) is 5.91 Å². The fourth-order valence-corrected chi connectivity index (χ4v) is 3.85. The van der Waals surface area contributed by atoms with E-state index in [4.69, 9.17) is 0 Å². The van der Waals surface area contributed by atoms with Crippen molar-refractivity contribution < 1.29 is 9.69 Å². The van der Waals surface area contributed by atoms with Crippen molar-refractivity contribution in [3.05, 3.63) is 54.6 Å². The highest BCUT2D eigenvalue weighted by Crippen LogP contribution is 2.32. The van der Waals surface area contributed by atoms with Crippen LogP contribution in [0.5, 0.6) is 0 Å². The van der Waals surface area contributed by atoms with Crippen LogP contribution in [0.1, 0.15) is 19.3 Å². The molecule has 0 bridgehead atoms. The first-order chi connectivity index (χ1) is 11.3. The highest BCUT2D eigenvalue weighted by atomic mass is 32.2. The van der Waals surface area contributed by atoms with E-state index in [1.165, 1.54) is 29.1 Å². The Labute approximate surface area is 142 Å². The summed E-state index contributed by atoms with van der Waals surface area (Å²) < 4.78 is 0. The van der Waals surface area contributed by atoms with Gasteiger partial charge in [-0.05, 0) is 43.5 Å². The maximum absolute atomic E-state index is 12.3. The molecular formula is C19H23N2OS+. The van der Waals surface area contributed by atoms with E-state index in [0.29, 0.717) is 6.54 Å². The first kappa shape index (κ1) is 16.1. The van der Waals surface area contributed by atoms with Gasteiger partial charge in [0.1, 0.15) is 0 Å². The third-order valence-corrected chi connectivity index (χ3v) is 5.19. The molecule has 23 heavy (non-hydrogen) atoms. The fraction of sp³-hybridized carbons (Fsp3) is 0.316. The number of nitrogens with one attached hydrogen (secondary N) is 2. The molecule has 0 spiro atoms. The number of quaternary nitrogens is 1. The Bertz CT molecular complexity index is 639. The monoisotopic (exact) mass is 327 g/mol. The summed E-state index contributed by atoms with van der Waals surface area (Å²) in [4.78, 5) is 16.0. The Morgan fingerprint density at radius 3 is 2.43 bits per heavy atom. The van der Waals surface area contributed by atoms with Gasteiger partial charge in [0.25, 0.3) is 5.91 Å². The van der Waals surface area contributed by atoms with E-state index >= 15 is 0 Å². The van der Waals surface area contributed by atoms with Crippen LogP contribution in [-0.4, -0.2) is 25.5 Å². The van der Waals surface area contributed by atoms with Gasteiger partial charge >= 0.3 is 0 Å². The molecule has 1 fully saturated rings. The van der Waals surface area contributed by atoms with Gasteiger partial charge in [0.05, 0.1) is 18.8 Å². The van der Waals surface area contributed by atoms with Crippen LogP contribution >= 0.6 is 11.8 Å². The summed E-state index contributed by atoms with van der Waals surface area (Å²) in [5.41, 5.74) is 0.905. The van der Waals surface area contributed by atoms with Gasteiger partial charge in [0, 0.05) is 9.79 Å². The molecule has 0 saturated carbocycles. The number of amides is 1. The number of likely N-dealkylation sites (tertiary alicyclic amines) is 1. The number of hydrogen-bond acceptors (Lipinski definition) is 2. The van der Waals surface area contributed by atoms with Crippen molar-refractivity contribution in [1.29, 1.82) is 0 Å². The van der Waals surface area contributed by atoms with Gasteiger partial charge in [-0.1, -0.05) is 42.1 Å². The molecule has 2 aromatic rings. The van der Waals surface area contributed by atoms with Crippen LogP contribution in [-0.2, 0) is 4.79 Å². The van der Waals surface area contributed by atoms with Crippen LogP contribution < -0.4 is 10.2 Å².